The van der Waals surface area contributed by atoms with Gasteiger partial charge >= 0.3 is 0 Å². The number of carbonyl (C=O) groups excluding carboxylic acids is 1. The maximum absolute atomic E-state index is 12.6. The molecule has 0 atom stereocenters. The molecular formula is C21H19N3O3S. The van der Waals surface area contributed by atoms with Crippen LogP contribution in [0.1, 0.15) is 10.6 Å². The normalized spacial score (nSPS) is 11.0. The molecule has 0 aliphatic carbocycles. The van der Waals surface area contributed by atoms with Crippen molar-refractivity contribution in [2.75, 3.05) is 26.1 Å². The van der Waals surface area contributed by atoms with E-state index in [1.54, 1.807) is 19.4 Å². The number of methoxy groups -OCH3 is 1. The Hall–Kier alpha value is -3.19. The summed E-state index contributed by atoms with van der Waals surface area (Å²) >= 11 is 1.17. The molecular weight excluding hydrogens is 374 g/mol. The van der Waals surface area contributed by atoms with Gasteiger partial charge in [-0.1, -0.05) is 6.07 Å². The number of hydrogen-bond donors (Lipinski definition) is 1. The van der Waals surface area contributed by atoms with Gasteiger partial charge in [0.25, 0.3) is 5.91 Å². The smallest absolute Gasteiger partial charge is 0.297 e. The van der Waals surface area contributed by atoms with Gasteiger partial charge in [-0.3, -0.25) is 14.5 Å². The van der Waals surface area contributed by atoms with Gasteiger partial charge in [0.15, 0.2) is 5.76 Å². The van der Waals surface area contributed by atoms with Crippen LogP contribution in [0, 0.1) is 0 Å². The highest BCUT2D eigenvalue weighted by atomic mass is 32.2. The molecule has 0 bridgehead atoms. The Morgan fingerprint density at radius 3 is 2.75 bits per heavy atom. The van der Waals surface area contributed by atoms with E-state index in [2.05, 4.69) is 9.71 Å². The predicted molar refractivity (Wildman–Crippen MR) is 112 cm³/mol. The van der Waals surface area contributed by atoms with Crippen LogP contribution in [-0.2, 0) is 0 Å². The number of nitrogens with one attached hydrogen (secondary N) is 1. The number of furan rings is 1. The van der Waals surface area contributed by atoms with Crippen LogP contribution < -0.4 is 14.4 Å². The largest absolute Gasteiger partial charge is 0.495 e. The van der Waals surface area contributed by atoms with Crippen LogP contribution in [0.2, 0.25) is 0 Å². The van der Waals surface area contributed by atoms with Crippen molar-refractivity contribution in [3.05, 3.63) is 60.5 Å². The Morgan fingerprint density at radius 2 is 1.96 bits per heavy atom. The van der Waals surface area contributed by atoms with Crippen LogP contribution in [0.3, 0.4) is 0 Å². The second-order valence-electron chi connectivity index (χ2n) is 6.43. The number of nitrogens with zero attached hydrogens (tertiary/aromatic N) is 2. The van der Waals surface area contributed by atoms with E-state index in [4.69, 9.17) is 9.15 Å². The van der Waals surface area contributed by atoms with Crippen LogP contribution in [-0.4, -0.2) is 32.1 Å². The minimum absolute atomic E-state index is 0.255. The number of ether oxygens (including phenoxy) is 1. The molecule has 1 N–H and O–H groups in total. The van der Waals surface area contributed by atoms with E-state index in [1.807, 2.05) is 61.5 Å². The number of anilines is 1. The van der Waals surface area contributed by atoms with Crippen molar-refractivity contribution in [1.82, 2.24) is 9.71 Å². The predicted octanol–water partition coefficient (Wildman–Crippen LogP) is 4.49. The van der Waals surface area contributed by atoms with E-state index in [9.17, 15) is 4.79 Å². The maximum Gasteiger partial charge on any atom is 0.297 e. The van der Waals surface area contributed by atoms with E-state index in [0.717, 1.165) is 26.9 Å². The van der Waals surface area contributed by atoms with Gasteiger partial charge < -0.3 is 14.1 Å². The lowest BCUT2D eigenvalue weighted by Gasteiger charge is -2.11. The fraction of sp³-hybridized carbons (Fsp3) is 0.143. The molecule has 2 aromatic carbocycles. The van der Waals surface area contributed by atoms with Gasteiger partial charge in [-0.2, -0.15) is 0 Å². The van der Waals surface area contributed by atoms with Crippen molar-refractivity contribution in [3.63, 3.8) is 0 Å². The van der Waals surface area contributed by atoms with Crippen LogP contribution in [0.15, 0.2) is 64.0 Å². The number of hydrogen-bond acceptors (Lipinski definition) is 6. The van der Waals surface area contributed by atoms with Crippen molar-refractivity contribution >= 4 is 45.4 Å². The lowest BCUT2D eigenvalue weighted by Crippen LogP contribution is -2.15. The number of amides is 1. The van der Waals surface area contributed by atoms with E-state index < -0.39 is 0 Å². The third-order valence-electron chi connectivity index (χ3n) is 4.40. The number of aromatic nitrogens is 1. The third-order valence-corrected chi connectivity index (χ3v) is 5.29. The summed E-state index contributed by atoms with van der Waals surface area (Å²) in [5.41, 5.74) is 2.45. The SMILES string of the molecule is COc1ccc2cccnc2c1SNC(=O)c1cc2ccc(N(C)C)cc2o1. The molecule has 28 heavy (non-hydrogen) atoms. The Kier molecular flexibility index (Phi) is 4.83. The number of pyridine rings is 1. The highest BCUT2D eigenvalue weighted by Crippen LogP contribution is 2.34. The summed E-state index contributed by atoms with van der Waals surface area (Å²) in [5, 5.41) is 1.85. The second-order valence-corrected chi connectivity index (χ2v) is 7.25. The first kappa shape index (κ1) is 18.2. The number of carbonyl (C=O) groups is 1. The highest BCUT2D eigenvalue weighted by Gasteiger charge is 2.16. The molecule has 6 nitrogen and oxygen atoms in total. The Morgan fingerprint density at radius 1 is 1.14 bits per heavy atom. The van der Waals surface area contributed by atoms with Crippen LogP contribution in [0.4, 0.5) is 5.69 Å². The van der Waals surface area contributed by atoms with Crippen molar-refractivity contribution in [1.29, 1.82) is 0 Å². The van der Waals surface area contributed by atoms with E-state index in [1.165, 1.54) is 11.9 Å². The average Bonchev–Trinajstić information content (AvgIpc) is 3.15. The molecule has 4 aromatic rings. The standard InChI is InChI=1S/C21H19N3O3S/c1-24(2)15-8-6-14-11-18(27-17(14)12-15)21(25)23-28-20-16(26-3)9-7-13-5-4-10-22-19(13)20/h4-12H,1-3H3,(H,23,25). The van der Waals surface area contributed by atoms with Gasteiger partial charge in [0, 0.05) is 42.8 Å². The van der Waals surface area contributed by atoms with Crippen LogP contribution in [0.5, 0.6) is 5.75 Å². The molecule has 0 radical (unpaired) electrons. The summed E-state index contributed by atoms with van der Waals surface area (Å²) in [6.07, 6.45) is 1.72. The molecule has 0 saturated heterocycles. The number of benzene rings is 2. The first-order chi connectivity index (χ1) is 13.6. The monoisotopic (exact) mass is 393 g/mol. The topological polar surface area (TPSA) is 67.6 Å². The first-order valence-electron chi connectivity index (χ1n) is 8.66. The minimum Gasteiger partial charge on any atom is -0.495 e. The van der Waals surface area contributed by atoms with Gasteiger partial charge in [0.1, 0.15) is 11.3 Å². The number of rotatable bonds is 5. The third kappa shape index (κ3) is 3.36. The molecule has 0 aliphatic rings. The molecule has 0 aliphatic heterocycles. The van der Waals surface area contributed by atoms with Crippen molar-refractivity contribution in [2.45, 2.75) is 4.90 Å². The lowest BCUT2D eigenvalue weighted by atomic mass is 10.2. The number of fused-ring (bicyclic) bond motifs is 2. The maximum atomic E-state index is 12.6. The van der Waals surface area contributed by atoms with Gasteiger partial charge in [-0.15, -0.1) is 0 Å². The Bertz CT molecular complexity index is 1170. The lowest BCUT2D eigenvalue weighted by molar-refractivity contribution is 0.0959. The molecule has 1 amide bonds. The zero-order chi connectivity index (χ0) is 19.7. The van der Waals surface area contributed by atoms with E-state index in [0.29, 0.717) is 11.3 Å². The molecule has 4 rings (SSSR count). The minimum atomic E-state index is -0.317. The summed E-state index contributed by atoms with van der Waals surface area (Å²) < 4.78 is 14.0. The summed E-state index contributed by atoms with van der Waals surface area (Å²) in [5.74, 6) is 0.588. The summed E-state index contributed by atoms with van der Waals surface area (Å²) in [6.45, 7) is 0. The zero-order valence-corrected chi connectivity index (χ0v) is 16.5. The quantitative estimate of drug-likeness (QED) is 0.504. The van der Waals surface area contributed by atoms with Gasteiger partial charge in [-0.05, 0) is 48.3 Å². The average molecular weight is 393 g/mol. The molecule has 2 aromatic heterocycles. The summed E-state index contributed by atoms with van der Waals surface area (Å²) in [6, 6.07) is 15.2. The van der Waals surface area contributed by atoms with Crippen molar-refractivity contribution < 1.29 is 13.9 Å². The molecule has 2 heterocycles. The Balaban J connectivity index is 1.60. The molecule has 142 valence electrons. The van der Waals surface area contributed by atoms with Crippen molar-refractivity contribution in [3.8, 4) is 5.75 Å². The zero-order valence-electron chi connectivity index (χ0n) is 15.7. The van der Waals surface area contributed by atoms with Gasteiger partial charge in [0.05, 0.1) is 17.5 Å². The molecule has 7 heteroatoms. The highest BCUT2D eigenvalue weighted by molar-refractivity contribution is 7.98. The van der Waals surface area contributed by atoms with Gasteiger partial charge in [-0.25, -0.2) is 0 Å². The summed E-state index contributed by atoms with van der Waals surface area (Å²) in [4.78, 5) is 19.8. The van der Waals surface area contributed by atoms with E-state index >= 15 is 0 Å². The fourth-order valence-corrected chi connectivity index (χ4v) is 3.73. The van der Waals surface area contributed by atoms with E-state index in [-0.39, 0.29) is 11.7 Å². The molecule has 0 saturated carbocycles. The summed E-state index contributed by atoms with van der Waals surface area (Å²) in [7, 11) is 5.51. The Labute approximate surface area is 166 Å². The fourth-order valence-electron chi connectivity index (χ4n) is 2.92. The van der Waals surface area contributed by atoms with Crippen molar-refractivity contribution in [2.24, 2.45) is 0 Å². The first-order valence-corrected chi connectivity index (χ1v) is 9.48. The van der Waals surface area contributed by atoms with Crippen LogP contribution in [0.25, 0.3) is 21.9 Å². The van der Waals surface area contributed by atoms with Crippen LogP contribution >= 0.6 is 11.9 Å². The molecule has 0 spiro atoms. The molecule has 0 fully saturated rings. The second kappa shape index (κ2) is 7.44. The van der Waals surface area contributed by atoms with Gasteiger partial charge in [0.2, 0.25) is 0 Å². The molecule has 0 unspecified atom stereocenters.